The Morgan fingerprint density at radius 2 is 1.44 bits per heavy atom. The number of allylic oxidation sites excluding steroid dienone is 4. The van der Waals surface area contributed by atoms with Gasteiger partial charge in [0, 0.05) is 0 Å². The van der Waals surface area contributed by atoms with Crippen molar-refractivity contribution in [2.45, 2.75) is 48.5 Å². The minimum absolute atomic E-state index is 0.125. The minimum Gasteiger partial charge on any atom is -0.298 e. The molecule has 0 rings (SSSR count). The molecule has 0 aromatic heterocycles. The average Bonchev–Trinajstić information content (AvgIpc) is 2.01. The number of rotatable bonds is 3. The first kappa shape index (κ1) is 17.2. The summed E-state index contributed by atoms with van der Waals surface area (Å²) in [6.07, 6.45) is 2.56. The van der Waals surface area contributed by atoms with Crippen LogP contribution < -0.4 is 0 Å². The van der Waals surface area contributed by atoms with Gasteiger partial charge in [-0.1, -0.05) is 25.0 Å². The third-order valence-corrected chi connectivity index (χ3v) is 1.82. The second kappa shape index (κ2) is 9.08. The van der Waals surface area contributed by atoms with Gasteiger partial charge < -0.3 is 0 Å². The van der Waals surface area contributed by atoms with Crippen LogP contribution in [0.2, 0.25) is 0 Å². The molecule has 0 heterocycles. The van der Waals surface area contributed by atoms with Gasteiger partial charge in [-0.3, -0.25) is 9.59 Å². The van der Waals surface area contributed by atoms with Crippen LogP contribution in [0, 0.1) is 5.92 Å². The Balaban J connectivity index is 0. The highest BCUT2D eigenvalue weighted by atomic mass is 16.1. The molecule has 0 aliphatic heterocycles. The Bertz CT molecular complexity index is 286. The molecule has 0 saturated heterocycles. The molecule has 0 aromatic carbocycles. The molecule has 0 saturated carbocycles. The average molecular weight is 224 g/mol. The number of aldehydes is 1. The first-order valence-electron chi connectivity index (χ1n) is 5.50. The zero-order valence-corrected chi connectivity index (χ0v) is 11.5. The summed E-state index contributed by atoms with van der Waals surface area (Å²) in [5.41, 5.74) is 3.11. The van der Waals surface area contributed by atoms with Crippen molar-refractivity contribution in [3.05, 3.63) is 22.8 Å². The van der Waals surface area contributed by atoms with E-state index in [1.54, 1.807) is 13.0 Å². The van der Waals surface area contributed by atoms with Crippen LogP contribution in [0.25, 0.3) is 0 Å². The van der Waals surface area contributed by atoms with E-state index >= 15 is 0 Å². The maximum absolute atomic E-state index is 10.3. The van der Waals surface area contributed by atoms with E-state index in [4.69, 9.17) is 0 Å². The zero-order valence-electron chi connectivity index (χ0n) is 11.5. The monoisotopic (exact) mass is 224 g/mol. The molecule has 0 aromatic rings. The number of hydrogen-bond donors (Lipinski definition) is 0. The van der Waals surface area contributed by atoms with Crippen molar-refractivity contribution in [1.82, 2.24) is 0 Å². The summed E-state index contributed by atoms with van der Waals surface area (Å²) in [7, 11) is 0. The van der Waals surface area contributed by atoms with Crippen LogP contribution in [-0.4, -0.2) is 12.1 Å². The van der Waals surface area contributed by atoms with Crippen LogP contribution in [0.1, 0.15) is 48.5 Å². The highest BCUT2D eigenvalue weighted by molar-refractivity contribution is 5.87. The zero-order chi connectivity index (χ0) is 13.3. The van der Waals surface area contributed by atoms with Crippen molar-refractivity contribution >= 4 is 12.1 Å². The predicted octanol–water partition coefficient (Wildman–Crippen LogP) is 3.72. The van der Waals surface area contributed by atoms with Crippen molar-refractivity contribution in [1.29, 1.82) is 0 Å². The van der Waals surface area contributed by atoms with E-state index in [9.17, 15) is 9.59 Å². The summed E-state index contributed by atoms with van der Waals surface area (Å²) >= 11 is 0. The molecule has 0 spiro atoms. The quantitative estimate of drug-likeness (QED) is 0.541. The fourth-order valence-corrected chi connectivity index (χ4v) is 1.24. The molecule has 0 atom stereocenters. The van der Waals surface area contributed by atoms with Gasteiger partial charge in [0.25, 0.3) is 0 Å². The van der Waals surface area contributed by atoms with Gasteiger partial charge in [0.2, 0.25) is 0 Å². The van der Waals surface area contributed by atoms with E-state index in [1.807, 2.05) is 41.5 Å². The third kappa shape index (κ3) is 10.9. The van der Waals surface area contributed by atoms with Crippen LogP contribution in [-0.2, 0) is 9.59 Å². The molecule has 2 heteroatoms. The van der Waals surface area contributed by atoms with Crippen LogP contribution in [0.5, 0.6) is 0 Å². The number of carbonyl (C=O) groups is 2. The van der Waals surface area contributed by atoms with Gasteiger partial charge in [-0.2, -0.15) is 0 Å². The highest BCUT2D eigenvalue weighted by Crippen LogP contribution is 2.10. The maximum atomic E-state index is 10.3. The van der Waals surface area contributed by atoms with Crippen LogP contribution in [0.15, 0.2) is 22.8 Å². The molecule has 0 amide bonds. The largest absolute Gasteiger partial charge is 0.298 e. The Kier molecular flexibility index (Phi) is 9.77. The molecule has 92 valence electrons. The third-order valence-electron chi connectivity index (χ3n) is 1.82. The summed E-state index contributed by atoms with van der Waals surface area (Å²) < 4.78 is 0. The van der Waals surface area contributed by atoms with Crippen molar-refractivity contribution in [3.8, 4) is 0 Å². The molecule has 16 heavy (non-hydrogen) atoms. The fraction of sp³-hybridized carbons (Fsp3) is 0.571. The van der Waals surface area contributed by atoms with E-state index in [-0.39, 0.29) is 5.78 Å². The Hall–Kier alpha value is -1.18. The van der Waals surface area contributed by atoms with E-state index in [1.165, 1.54) is 0 Å². The Morgan fingerprint density at radius 1 is 1.00 bits per heavy atom. The molecule has 0 aliphatic carbocycles. The maximum Gasteiger partial charge on any atom is 0.152 e. The first-order valence-corrected chi connectivity index (χ1v) is 5.50. The van der Waals surface area contributed by atoms with Gasteiger partial charge >= 0.3 is 0 Å². The van der Waals surface area contributed by atoms with E-state index < -0.39 is 0 Å². The lowest BCUT2D eigenvalue weighted by atomic mass is 10.0. The van der Waals surface area contributed by atoms with E-state index in [0.29, 0.717) is 5.92 Å². The molecule has 0 fully saturated rings. The van der Waals surface area contributed by atoms with Gasteiger partial charge in [0.1, 0.15) is 6.29 Å². The van der Waals surface area contributed by atoms with Gasteiger partial charge in [-0.25, -0.2) is 0 Å². The molecule has 0 N–H and O–H groups in total. The molecule has 2 nitrogen and oxygen atoms in total. The van der Waals surface area contributed by atoms with Gasteiger partial charge in [-0.05, 0) is 52.2 Å². The van der Waals surface area contributed by atoms with Crippen molar-refractivity contribution < 1.29 is 9.59 Å². The number of hydrogen-bond acceptors (Lipinski definition) is 2. The lowest BCUT2D eigenvalue weighted by Crippen LogP contribution is -1.96. The molecular weight excluding hydrogens is 200 g/mol. The SMILES string of the molecule is CC(=O)C=C(C)C.CC(C)=C(C=O)C(C)C. The van der Waals surface area contributed by atoms with Crippen LogP contribution >= 0.6 is 0 Å². The molecule has 0 bridgehead atoms. The molecule has 0 radical (unpaired) electrons. The summed E-state index contributed by atoms with van der Waals surface area (Å²) in [5.74, 6) is 0.493. The Morgan fingerprint density at radius 3 is 1.44 bits per heavy atom. The van der Waals surface area contributed by atoms with E-state index in [0.717, 1.165) is 23.0 Å². The van der Waals surface area contributed by atoms with E-state index in [2.05, 4.69) is 0 Å². The van der Waals surface area contributed by atoms with Gasteiger partial charge in [0.15, 0.2) is 5.78 Å². The summed E-state index contributed by atoms with van der Waals surface area (Å²) in [6, 6.07) is 0. The predicted molar refractivity (Wildman–Crippen MR) is 69.4 cm³/mol. The standard InChI is InChI=1S/C8H14O.C6H10O/c1-6(2)8(5-9)7(3)4;1-5(2)4-6(3)7/h5-6H,1-4H3;4H,1-3H3. The minimum atomic E-state index is 0.125. The number of ketones is 1. The number of carbonyl (C=O) groups excluding carboxylic acids is 2. The van der Waals surface area contributed by atoms with Crippen LogP contribution in [0.3, 0.4) is 0 Å². The normalized spacial score (nSPS) is 8.75. The highest BCUT2D eigenvalue weighted by Gasteiger charge is 2.01. The van der Waals surface area contributed by atoms with Crippen molar-refractivity contribution in [2.24, 2.45) is 5.92 Å². The molecular formula is C14H24O2. The molecule has 0 unspecified atom stereocenters. The Labute approximate surface area is 99.4 Å². The first-order chi connectivity index (χ1) is 7.22. The molecule has 0 aliphatic rings. The second-order valence-electron chi connectivity index (χ2n) is 4.56. The second-order valence-corrected chi connectivity index (χ2v) is 4.56. The lowest BCUT2D eigenvalue weighted by Gasteiger charge is -2.04. The van der Waals surface area contributed by atoms with Crippen LogP contribution in [0.4, 0.5) is 0 Å². The van der Waals surface area contributed by atoms with Gasteiger partial charge in [-0.15, -0.1) is 0 Å². The lowest BCUT2D eigenvalue weighted by molar-refractivity contribution is -0.112. The summed E-state index contributed by atoms with van der Waals surface area (Å²) in [4.78, 5) is 20.5. The topological polar surface area (TPSA) is 34.1 Å². The smallest absolute Gasteiger partial charge is 0.152 e. The summed E-state index contributed by atoms with van der Waals surface area (Å²) in [5, 5.41) is 0. The van der Waals surface area contributed by atoms with Crippen molar-refractivity contribution in [2.75, 3.05) is 0 Å². The van der Waals surface area contributed by atoms with Gasteiger partial charge in [0.05, 0.1) is 0 Å². The van der Waals surface area contributed by atoms with Crippen molar-refractivity contribution in [3.63, 3.8) is 0 Å². The summed E-state index contributed by atoms with van der Waals surface area (Å²) in [6.45, 7) is 13.3. The fourth-order valence-electron chi connectivity index (χ4n) is 1.24.